The van der Waals surface area contributed by atoms with Gasteiger partial charge in [0.2, 0.25) is 0 Å². The number of hydrogen-bond acceptors (Lipinski definition) is 4. The molecule has 0 radical (unpaired) electrons. The highest BCUT2D eigenvalue weighted by molar-refractivity contribution is 6.04. The highest BCUT2D eigenvalue weighted by Crippen LogP contribution is 2.21. The molecule has 0 saturated heterocycles. The predicted molar refractivity (Wildman–Crippen MR) is 110 cm³/mol. The van der Waals surface area contributed by atoms with Crippen LogP contribution in [0.4, 0.5) is 5.69 Å². The van der Waals surface area contributed by atoms with Gasteiger partial charge in [-0.05, 0) is 43.5 Å². The van der Waals surface area contributed by atoms with E-state index in [9.17, 15) is 9.59 Å². The standard InChI is InChI=1S/C22H28N2O4/c1-4-19(28-20-13-8-5-10-16(20)2)22(26)24-18-12-7-6-11-17(18)21(25)23-14-9-15-27-3/h5-8,10-13,19H,4,9,14-15H2,1-3H3,(H,23,25)(H,24,26)/t19-/m1/s1. The molecule has 2 N–H and O–H groups in total. The second-order valence-corrected chi connectivity index (χ2v) is 6.42. The molecule has 0 heterocycles. The van der Waals surface area contributed by atoms with Crippen molar-refractivity contribution < 1.29 is 19.1 Å². The van der Waals surface area contributed by atoms with Gasteiger partial charge in [0.15, 0.2) is 6.10 Å². The minimum absolute atomic E-state index is 0.236. The molecule has 1 atom stereocenters. The number of anilines is 1. The summed E-state index contributed by atoms with van der Waals surface area (Å²) in [7, 11) is 1.62. The van der Waals surface area contributed by atoms with Gasteiger partial charge in [0.25, 0.3) is 11.8 Å². The van der Waals surface area contributed by atoms with Crippen LogP contribution in [0, 0.1) is 6.92 Å². The number of carbonyl (C=O) groups excluding carboxylic acids is 2. The van der Waals surface area contributed by atoms with Crippen molar-refractivity contribution in [2.75, 3.05) is 25.6 Å². The van der Waals surface area contributed by atoms with Gasteiger partial charge in [-0.3, -0.25) is 9.59 Å². The zero-order valence-electron chi connectivity index (χ0n) is 16.7. The van der Waals surface area contributed by atoms with Crippen molar-refractivity contribution in [1.29, 1.82) is 0 Å². The Morgan fingerprint density at radius 2 is 1.79 bits per heavy atom. The predicted octanol–water partition coefficient (Wildman–Crippen LogP) is 3.56. The van der Waals surface area contributed by atoms with Crippen LogP contribution in [0.15, 0.2) is 48.5 Å². The van der Waals surface area contributed by atoms with Crippen LogP contribution >= 0.6 is 0 Å². The summed E-state index contributed by atoms with van der Waals surface area (Å²) < 4.78 is 10.9. The normalized spacial score (nSPS) is 11.5. The molecule has 150 valence electrons. The molecule has 0 saturated carbocycles. The molecule has 0 bridgehead atoms. The Morgan fingerprint density at radius 3 is 2.50 bits per heavy atom. The molecule has 28 heavy (non-hydrogen) atoms. The summed E-state index contributed by atoms with van der Waals surface area (Å²) in [5.74, 6) is 0.152. The number of carbonyl (C=O) groups is 2. The summed E-state index contributed by atoms with van der Waals surface area (Å²) >= 11 is 0. The average Bonchev–Trinajstić information content (AvgIpc) is 2.70. The van der Waals surface area contributed by atoms with Crippen molar-refractivity contribution in [3.8, 4) is 5.75 Å². The molecule has 2 rings (SSSR count). The molecule has 0 aliphatic heterocycles. The second-order valence-electron chi connectivity index (χ2n) is 6.42. The van der Waals surface area contributed by atoms with Gasteiger partial charge in [-0.25, -0.2) is 0 Å². The summed E-state index contributed by atoms with van der Waals surface area (Å²) in [6, 6.07) is 14.5. The molecular weight excluding hydrogens is 356 g/mol. The van der Waals surface area contributed by atoms with E-state index in [2.05, 4.69) is 10.6 Å². The topological polar surface area (TPSA) is 76.7 Å². The molecule has 0 fully saturated rings. The van der Waals surface area contributed by atoms with Crippen LogP contribution in [-0.4, -0.2) is 38.2 Å². The first-order valence-corrected chi connectivity index (χ1v) is 9.46. The van der Waals surface area contributed by atoms with Crippen molar-refractivity contribution in [2.24, 2.45) is 0 Å². The molecule has 0 aliphatic rings. The summed E-state index contributed by atoms with van der Waals surface area (Å²) in [5.41, 5.74) is 1.84. The first kappa shape index (κ1) is 21.4. The van der Waals surface area contributed by atoms with Gasteiger partial charge in [0, 0.05) is 20.3 Å². The van der Waals surface area contributed by atoms with E-state index in [4.69, 9.17) is 9.47 Å². The van der Waals surface area contributed by atoms with Crippen LogP contribution in [0.2, 0.25) is 0 Å². The minimum Gasteiger partial charge on any atom is -0.480 e. The van der Waals surface area contributed by atoms with E-state index in [1.807, 2.05) is 38.1 Å². The van der Waals surface area contributed by atoms with Crippen LogP contribution in [-0.2, 0) is 9.53 Å². The number of nitrogens with one attached hydrogen (secondary N) is 2. The van der Waals surface area contributed by atoms with Crippen LogP contribution in [0.1, 0.15) is 35.7 Å². The fourth-order valence-electron chi connectivity index (χ4n) is 2.68. The first-order valence-electron chi connectivity index (χ1n) is 9.46. The zero-order valence-corrected chi connectivity index (χ0v) is 16.7. The average molecular weight is 384 g/mol. The summed E-state index contributed by atoms with van der Waals surface area (Å²) in [4.78, 5) is 25.2. The van der Waals surface area contributed by atoms with Crippen LogP contribution < -0.4 is 15.4 Å². The Balaban J connectivity index is 2.06. The molecule has 2 aromatic carbocycles. The zero-order chi connectivity index (χ0) is 20.4. The lowest BCUT2D eigenvalue weighted by molar-refractivity contribution is -0.122. The Kier molecular flexibility index (Phi) is 8.49. The van der Waals surface area contributed by atoms with Gasteiger partial charge in [0.1, 0.15) is 5.75 Å². The highest BCUT2D eigenvalue weighted by Gasteiger charge is 2.21. The van der Waals surface area contributed by atoms with E-state index in [0.29, 0.717) is 36.6 Å². The summed E-state index contributed by atoms with van der Waals surface area (Å²) in [5, 5.41) is 5.67. The van der Waals surface area contributed by atoms with E-state index in [0.717, 1.165) is 12.0 Å². The number of aryl methyl sites for hydroxylation is 1. The monoisotopic (exact) mass is 384 g/mol. The maximum absolute atomic E-state index is 12.7. The SMILES string of the molecule is CC[C@@H](Oc1ccccc1C)C(=O)Nc1ccccc1C(=O)NCCCOC. The highest BCUT2D eigenvalue weighted by atomic mass is 16.5. The first-order chi connectivity index (χ1) is 13.6. The Bertz CT molecular complexity index is 792. The van der Waals surface area contributed by atoms with Crippen LogP contribution in [0.25, 0.3) is 0 Å². The molecule has 0 aliphatic carbocycles. The third-order valence-corrected chi connectivity index (χ3v) is 4.27. The lowest BCUT2D eigenvalue weighted by Gasteiger charge is -2.19. The number of methoxy groups -OCH3 is 1. The number of ether oxygens (including phenoxy) is 2. The lowest BCUT2D eigenvalue weighted by atomic mass is 10.1. The summed E-state index contributed by atoms with van der Waals surface area (Å²) in [6.07, 6.45) is 0.573. The van der Waals surface area contributed by atoms with E-state index >= 15 is 0 Å². The van der Waals surface area contributed by atoms with E-state index in [-0.39, 0.29) is 11.8 Å². The number of rotatable bonds is 10. The number of amides is 2. The fraction of sp³-hybridized carbons (Fsp3) is 0.364. The third kappa shape index (κ3) is 6.09. The largest absolute Gasteiger partial charge is 0.480 e. The Hall–Kier alpha value is -2.86. The second kappa shape index (κ2) is 11.1. The molecule has 0 aromatic heterocycles. The maximum Gasteiger partial charge on any atom is 0.265 e. The smallest absolute Gasteiger partial charge is 0.265 e. The van der Waals surface area contributed by atoms with Crippen molar-refractivity contribution in [1.82, 2.24) is 5.32 Å². The van der Waals surface area contributed by atoms with Crippen molar-refractivity contribution in [3.63, 3.8) is 0 Å². The van der Waals surface area contributed by atoms with Crippen molar-refractivity contribution in [2.45, 2.75) is 32.8 Å². The van der Waals surface area contributed by atoms with Gasteiger partial charge in [0.05, 0.1) is 11.3 Å². The van der Waals surface area contributed by atoms with Crippen molar-refractivity contribution >= 4 is 17.5 Å². The maximum atomic E-state index is 12.7. The van der Waals surface area contributed by atoms with Crippen LogP contribution in [0.5, 0.6) is 5.75 Å². The van der Waals surface area contributed by atoms with Gasteiger partial charge >= 0.3 is 0 Å². The quantitative estimate of drug-likeness (QED) is 0.614. The number of para-hydroxylation sites is 2. The number of hydrogen-bond donors (Lipinski definition) is 2. The Morgan fingerprint density at radius 1 is 1.07 bits per heavy atom. The molecule has 0 spiro atoms. The molecule has 6 heteroatoms. The molecule has 2 amide bonds. The third-order valence-electron chi connectivity index (χ3n) is 4.27. The van der Waals surface area contributed by atoms with E-state index < -0.39 is 6.10 Å². The van der Waals surface area contributed by atoms with E-state index in [1.54, 1.807) is 31.4 Å². The molecule has 0 unspecified atom stereocenters. The van der Waals surface area contributed by atoms with E-state index in [1.165, 1.54) is 0 Å². The minimum atomic E-state index is -0.654. The lowest BCUT2D eigenvalue weighted by Crippen LogP contribution is -2.34. The van der Waals surface area contributed by atoms with Gasteiger partial charge in [-0.2, -0.15) is 0 Å². The van der Waals surface area contributed by atoms with Gasteiger partial charge in [-0.15, -0.1) is 0 Å². The molecule has 6 nitrogen and oxygen atoms in total. The van der Waals surface area contributed by atoms with Gasteiger partial charge in [-0.1, -0.05) is 37.3 Å². The van der Waals surface area contributed by atoms with Gasteiger partial charge < -0.3 is 20.1 Å². The van der Waals surface area contributed by atoms with Crippen molar-refractivity contribution in [3.05, 3.63) is 59.7 Å². The van der Waals surface area contributed by atoms with Crippen LogP contribution in [0.3, 0.4) is 0 Å². The summed E-state index contributed by atoms with van der Waals surface area (Å²) in [6.45, 7) is 4.90. The fourth-order valence-corrected chi connectivity index (χ4v) is 2.68. The number of benzene rings is 2. The molecular formula is C22H28N2O4. The Labute approximate surface area is 166 Å². The molecule has 2 aromatic rings.